The molecule has 0 N–H and O–H groups in total. The molecule has 0 radical (unpaired) electrons. The summed E-state index contributed by atoms with van der Waals surface area (Å²) in [5.74, 6) is 0. The van der Waals surface area contributed by atoms with Gasteiger partial charge in [-0.15, -0.1) is 0 Å². The zero-order valence-electron chi connectivity index (χ0n) is 5.67. The number of halogens is 1. The molecule has 5 heteroatoms. The van der Waals surface area contributed by atoms with Crippen molar-refractivity contribution in [3.8, 4) is 0 Å². The molecule has 10 heavy (non-hydrogen) atoms. The summed E-state index contributed by atoms with van der Waals surface area (Å²) >= 11 is 4.51. The van der Waals surface area contributed by atoms with Crippen molar-refractivity contribution >= 4 is 27.5 Å². The number of nitrogens with zero attached hydrogens (tertiary/aromatic N) is 2. The second kappa shape index (κ2) is 3.41. The molecule has 1 aromatic rings. The molecule has 3 nitrogen and oxygen atoms in total. The molecule has 56 valence electrons. The molecule has 0 aliphatic carbocycles. The van der Waals surface area contributed by atoms with E-state index >= 15 is 0 Å². The number of methoxy groups -OCH3 is 1. The van der Waals surface area contributed by atoms with Crippen molar-refractivity contribution in [2.45, 2.75) is 13.0 Å². The van der Waals surface area contributed by atoms with E-state index in [1.165, 1.54) is 11.5 Å². The lowest BCUT2D eigenvalue weighted by molar-refractivity contribution is 0.119. The Labute approximate surface area is 71.7 Å². The number of aromatic nitrogens is 2. The second-order valence-electron chi connectivity index (χ2n) is 1.78. The Bertz CT molecular complexity index is 215. The Kier molecular flexibility index (Phi) is 2.76. The Morgan fingerprint density at radius 3 is 2.80 bits per heavy atom. The highest BCUT2D eigenvalue weighted by Gasteiger charge is 2.08. The van der Waals surface area contributed by atoms with Crippen LogP contribution in [-0.4, -0.2) is 16.5 Å². The molecular formula is C5H7BrN2OS. The van der Waals surface area contributed by atoms with Crippen LogP contribution in [0.2, 0.25) is 0 Å². The van der Waals surface area contributed by atoms with E-state index < -0.39 is 0 Å². The zero-order chi connectivity index (χ0) is 7.56. The fraction of sp³-hybridized carbons (Fsp3) is 0.600. The minimum atomic E-state index is 0.0452. The number of hydrogen-bond donors (Lipinski definition) is 0. The zero-order valence-corrected chi connectivity index (χ0v) is 8.07. The Morgan fingerprint density at radius 1 is 1.70 bits per heavy atom. The highest BCUT2D eigenvalue weighted by atomic mass is 79.9. The molecular weight excluding hydrogens is 216 g/mol. The van der Waals surface area contributed by atoms with Gasteiger partial charge in [0.2, 0.25) is 4.73 Å². The Balaban J connectivity index is 2.74. The average molecular weight is 223 g/mol. The molecule has 1 atom stereocenters. The lowest BCUT2D eigenvalue weighted by atomic mass is 10.4. The first kappa shape index (κ1) is 8.10. The number of rotatable bonds is 2. The third-order valence-electron chi connectivity index (χ3n) is 1.12. The predicted molar refractivity (Wildman–Crippen MR) is 43.0 cm³/mol. The average Bonchev–Trinajstić information content (AvgIpc) is 2.34. The summed E-state index contributed by atoms with van der Waals surface area (Å²) in [5, 5.41) is 0.898. The van der Waals surface area contributed by atoms with Crippen LogP contribution >= 0.6 is 27.5 Å². The fourth-order valence-electron chi connectivity index (χ4n) is 0.482. The summed E-state index contributed by atoms with van der Waals surface area (Å²) in [6.07, 6.45) is 0.0452. The van der Waals surface area contributed by atoms with Crippen LogP contribution in [0.4, 0.5) is 0 Å². The van der Waals surface area contributed by atoms with Gasteiger partial charge < -0.3 is 4.74 Å². The van der Waals surface area contributed by atoms with Gasteiger partial charge in [-0.25, -0.2) is 4.98 Å². The topological polar surface area (TPSA) is 35.0 Å². The summed E-state index contributed by atoms with van der Waals surface area (Å²) in [6.45, 7) is 1.94. The van der Waals surface area contributed by atoms with Crippen molar-refractivity contribution in [1.82, 2.24) is 9.36 Å². The minimum absolute atomic E-state index is 0.0452. The van der Waals surface area contributed by atoms with Gasteiger partial charge in [0.25, 0.3) is 0 Å². The van der Waals surface area contributed by atoms with Crippen molar-refractivity contribution < 1.29 is 4.74 Å². The third-order valence-corrected chi connectivity index (χ3v) is 2.58. The van der Waals surface area contributed by atoms with E-state index in [1.807, 2.05) is 6.92 Å². The van der Waals surface area contributed by atoms with Crippen LogP contribution in [0.1, 0.15) is 18.0 Å². The van der Waals surface area contributed by atoms with Crippen molar-refractivity contribution in [3.05, 3.63) is 9.74 Å². The van der Waals surface area contributed by atoms with Crippen LogP contribution < -0.4 is 0 Å². The van der Waals surface area contributed by atoms with Gasteiger partial charge in [-0.05, 0) is 34.4 Å². The van der Waals surface area contributed by atoms with Gasteiger partial charge in [0.05, 0.1) is 0 Å². The van der Waals surface area contributed by atoms with Crippen LogP contribution in [0.25, 0.3) is 0 Å². The highest BCUT2D eigenvalue weighted by molar-refractivity contribution is 9.10. The molecule has 1 rings (SSSR count). The Hall–Kier alpha value is -0.0000000000000000278. The first-order valence-corrected chi connectivity index (χ1v) is 4.32. The summed E-state index contributed by atoms with van der Waals surface area (Å²) in [4.78, 5) is 4.08. The maximum atomic E-state index is 5.04. The number of ether oxygens (including phenoxy) is 1. The molecule has 0 saturated carbocycles. The molecule has 0 aliphatic rings. The lowest BCUT2D eigenvalue weighted by Gasteiger charge is -2.01. The quantitative estimate of drug-likeness (QED) is 0.769. The minimum Gasteiger partial charge on any atom is -0.374 e. The van der Waals surface area contributed by atoms with Gasteiger partial charge in [-0.2, -0.15) is 4.37 Å². The van der Waals surface area contributed by atoms with Gasteiger partial charge in [0.15, 0.2) is 0 Å². The van der Waals surface area contributed by atoms with Gasteiger partial charge in [-0.3, -0.25) is 0 Å². The summed E-state index contributed by atoms with van der Waals surface area (Å²) in [6, 6.07) is 0. The Morgan fingerprint density at radius 2 is 2.40 bits per heavy atom. The molecule has 0 spiro atoms. The highest BCUT2D eigenvalue weighted by Crippen LogP contribution is 2.19. The number of hydrogen-bond acceptors (Lipinski definition) is 4. The van der Waals surface area contributed by atoms with Crippen molar-refractivity contribution in [1.29, 1.82) is 0 Å². The van der Waals surface area contributed by atoms with Crippen molar-refractivity contribution in [2.75, 3.05) is 7.11 Å². The standard InChI is InChI=1S/C5H7BrN2OS/c1-3(9-2)4-7-5(6)8-10-4/h3H,1-2H3. The SMILES string of the molecule is COC(C)c1nc(Br)ns1. The first-order valence-electron chi connectivity index (χ1n) is 2.76. The predicted octanol–water partition coefficient (Wildman–Crippen LogP) is 2.01. The monoisotopic (exact) mass is 222 g/mol. The smallest absolute Gasteiger partial charge is 0.209 e. The van der Waals surface area contributed by atoms with Crippen LogP contribution in [0, 0.1) is 0 Å². The molecule has 0 aliphatic heterocycles. The second-order valence-corrected chi connectivity index (χ2v) is 3.27. The van der Waals surface area contributed by atoms with Crippen molar-refractivity contribution in [3.63, 3.8) is 0 Å². The largest absolute Gasteiger partial charge is 0.374 e. The third kappa shape index (κ3) is 1.74. The summed E-state index contributed by atoms with van der Waals surface area (Å²) in [5.41, 5.74) is 0. The van der Waals surface area contributed by atoms with Crippen LogP contribution in [0.3, 0.4) is 0 Å². The van der Waals surface area contributed by atoms with E-state index in [1.54, 1.807) is 7.11 Å². The van der Waals surface area contributed by atoms with E-state index in [4.69, 9.17) is 4.74 Å². The molecule has 1 aromatic heterocycles. The van der Waals surface area contributed by atoms with Crippen molar-refractivity contribution in [2.24, 2.45) is 0 Å². The normalized spacial score (nSPS) is 13.5. The summed E-state index contributed by atoms with van der Waals surface area (Å²) in [7, 11) is 1.65. The van der Waals surface area contributed by atoms with Gasteiger partial charge in [0.1, 0.15) is 11.1 Å². The molecule has 0 bridgehead atoms. The molecule has 1 unspecified atom stereocenters. The van der Waals surface area contributed by atoms with Crippen LogP contribution in [0.15, 0.2) is 4.73 Å². The lowest BCUT2D eigenvalue weighted by Crippen LogP contribution is -1.93. The molecule has 0 aromatic carbocycles. The van der Waals surface area contributed by atoms with Gasteiger partial charge >= 0.3 is 0 Å². The van der Waals surface area contributed by atoms with Gasteiger partial charge in [0, 0.05) is 7.11 Å². The van der Waals surface area contributed by atoms with E-state index in [2.05, 4.69) is 25.3 Å². The first-order chi connectivity index (χ1) is 4.74. The molecule has 0 saturated heterocycles. The van der Waals surface area contributed by atoms with Crippen LogP contribution in [0.5, 0.6) is 0 Å². The molecule has 0 amide bonds. The van der Waals surface area contributed by atoms with E-state index in [0.717, 1.165) is 5.01 Å². The van der Waals surface area contributed by atoms with E-state index in [0.29, 0.717) is 4.73 Å². The molecule has 0 fully saturated rings. The maximum absolute atomic E-state index is 5.04. The van der Waals surface area contributed by atoms with Gasteiger partial charge in [-0.1, -0.05) is 0 Å². The fourth-order valence-corrected chi connectivity index (χ4v) is 1.59. The summed E-state index contributed by atoms with van der Waals surface area (Å²) < 4.78 is 9.63. The van der Waals surface area contributed by atoms with E-state index in [-0.39, 0.29) is 6.10 Å². The maximum Gasteiger partial charge on any atom is 0.209 e. The van der Waals surface area contributed by atoms with Crippen LogP contribution in [-0.2, 0) is 4.74 Å². The van der Waals surface area contributed by atoms with E-state index in [9.17, 15) is 0 Å². The molecule has 1 heterocycles.